The van der Waals surface area contributed by atoms with Gasteiger partial charge in [0.15, 0.2) is 0 Å². The van der Waals surface area contributed by atoms with Crippen LogP contribution in [0.25, 0.3) is 0 Å². The Morgan fingerprint density at radius 2 is 1.11 bits per heavy atom. The number of carbonyl (C=O) groups is 8. The SMILES string of the molecule is CSCC[C@H](NC(=O)[C@H](CC(C)C)NC(=O)[C@H](Cc1cnc[nH]1)NC(=O)[C@@H](Cc1ccccc1)NC(=O)[C@@H](CCSC)NC(=O)[C@@H](N)Cc1ccc(O)cc1)C(=O)N[C@@H](CC(=O)O)C(N)=O. The van der Waals surface area contributed by atoms with Gasteiger partial charge in [-0.15, -0.1) is 0 Å². The van der Waals surface area contributed by atoms with Crippen LogP contribution in [0.1, 0.15) is 56.4 Å². The van der Waals surface area contributed by atoms with Gasteiger partial charge in [-0.1, -0.05) is 56.3 Å². The third kappa shape index (κ3) is 19.1. The van der Waals surface area contributed by atoms with Gasteiger partial charge in [-0.25, -0.2) is 4.98 Å². The minimum absolute atomic E-state index is 0.0126. The number of aromatic amines is 1. The molecule has 1 heterocycles. The summed E-state index contributed by atoms with van der Waals surface area (Å²) in [5.74, 6) is -6.11. The predicted molar refractivity (Wildman–Crippen MR) is 251 cm³/mol. The number of hydrogen-bond acceptors (Lipinski definition) is 13. The number of H-pyrrole nitrogens is 1. The molecule has 0 saturated heterocycles. The molecule has 0 radical (unpaired) electrons. The normalized spacial score (nSPS) is 14.3. The van der Waals surface area contributed by atoms with Crippen LogP contribution >= 0.6 is 23.5 Å². The Bertz CT molecular complexity index is 2060. The van der Waals surface area contributed by atoms with Gasteiger partial charge in [0.2, 0.25) is 41.4 Å². The lowest BCUT2D eigenvalue weighted by molar-refractivity contribution is -0.140. The Labute approximate surface area is 392 Å². The van der Waals surface area contributed by atoms with Gasteiger partial charge in [0.05, 0.1) is 18.8 Å². The second-order valence-electron chi connectivity index (χ2n) is 16.0. The Morgan fingerprint density at radius 1 is 0.636 bits per heavy atom. The number of carboxylic acid groups (broad SMARTS) is 1. The van der Waals surface area contributed by atoms with Crippen LogP contribution in [0.3, 0.4) is 0 Å². The van der Waals surface area contributed by atoms with Gasteiger partial charge in [0.1, 0.15) is 42.0 Å². The average Bonchev–Trinajstić information content (AvgIpc) is 3.79. The maximum absolute atomic E-state index is 14.4. The summed E-state index contributed by atoms with van der Waals surface area (Å²) in [6.45, 7) is 3.62. The molecule has 0 fully saturated rings. The van der Waals surface area contributed by atoms with Gasteiger partial charge in [0.25, 0.3) is 0 Å². The molecule has 0 unspecified atom stereocenters. The van der Waals surface area contributed by atoms with Crippen molar-refractivity contribution in [2.75, 3.05) is 24.0 Å². The number of thioether (sulfide) groups is 2. The molecular weight excluding hydrogens is 893 g/mol. The van der Waals surface area contributed by atoms with E-state index in [9.17, 15) is 48.6 Å². The largest absolute Gasteiger partial charge is 0.508 e. The van der Waals surface area contributed by atoms with E-state index in [0.29, 0.717) is 28.3 Å². The molecule has 2 aromatic carbocycles. The summed E-state index contributed by atoms with van der Waals surface area (Å²) in [4.78, 5) is 114. The van der Waals surface area contributed by atoms with E-state index in [4.69, 9.17) is 11.5 Å². The topological polar surface area (TPSA) is 330 Å². The van der Waals surface area contributed by atoms with Crippen molar-refractivity contribution in [3.8, 4) is 5.75 Å². The summed E-state index contributed by atoms with van der Waals surface area (Å²) in [6, 6.07) is 6.28. The molecule has 0 aliphatic heterocycles. The summed E-state index contributed by atoms with van der Waals surface area (Å²) in [5.41, 5.74) is 13.4. The summed E-state index contributed by atoms with van der Waals surface area (Å²) in [6.07, 6.45) is 6.05. The molecule has 13 N–H and O–H groups in total. The molecule has 0 aliphatic carbocycles. The number of nitrogens with two attached hydrogens (primary N) is 2. The zero-order chi connectivity index (χ0) is 48.8. The van der Waals surface area contributed by atoms with Crippen LogP contribution in [-0.2, 0) is 57.6 Å². The van der Waals surface area contributed by atoms with Crippen LogP contribution in [0, 0.1) is 5.92 Å². The van der Waals surface area contributed by atoms with Gasteiger partial charge in [-0.05, 0) is 78.9 Å². The average molecular weight is 955 g/mol. The van der Waals surface area contributed by atoms with Crippen LogP contribution in [0.4, 0.5) is 0 Å². The third-order valence-corrected chi connectivity index (χ3v) is 11.4. The highest BCUT2D eigenvalue weighted by Gasteiger charge is 2.34. The molecule has 0 spiro atoms. The first kappa shape index (κ1) is 54.2. The van der Waals surface area contributed by atoms with Crippen molar-refractivity contribution < 1.29 is 48.6 Å². The van der Waals surface area contributed by atoms with Gasteiger partial charge >= 0.3 is 5.97 Å². The van der Waals surface area contributed by atoms with Gasteiger partial charge in [-0.3, -0.25) is 38.4 Å². The van der Waals surface area contributed by atoms with Crippen LogP contribution < -0.4 is 43.4 Å². The van der Waals surface area contributed by atoms with E-state index in [-0.39, 0.29) is 50.2 Å². The molecule has 66 heavy (non-hydrogen) atoms. The fourth-order valence-corrected chi connectivity index (χ4v) is 7.56. The first-order valence-electron chi connectivity index (χ1n) is 21.3. The molecular formula is C44H62N10O10S2. The lowest BCUT2D eigenvalue weighted by Crippen LogP contribution is -2.60. The van der Waals surface area contributed by atoms with Crippen molar-refractivity contribution in [1.29, 1.82) is 0 Å². The number of carbonyl (C=O) groups excluding carboxylic acids is 7. The Morgan fingerprint density at radius 3 is 1.61 bits per heavy atom. The molecule has 1 aromatic heterocycles. The first-order valence-corrected chi connectivity index (χ1v) is 24.0. The number of rotatable bonds is 29. The van der Waals surface area contributed by atoms with Crippen molar-refractivity contribution in [1.82, 2.24) is 41.9 Å². The number of aliphatic carboxylic acids is 1. The van der Waals surface area contributed by atoms with E-state index < -0.39 is 96.0 Å². The zero-order valence-electron chi connectivity index (χ0n) is 37.4. The fourth-order valence-electron chi connectivity index (χ4n) is 6.61. The number of phenolic OH excluding ortho intramolecular Hbond substituents is 1. The van der Waals surface area contributed by atoms with Crippen molar-refractivity contribution in [2.45, 2.75) is 101 Å². The number of amides is 7. The molecule has 20 nitrogen and oxygen atoms in total. The van der Waals surface area contributed by atoms with Crippen molar-refractivity contribution in [3.63, 3.8) is 0 Å². The number of imidazole rings is 1. The molecule has 0 bridgehead atoms. The molecule has 7 atom stereocenters. The Balaban J connectivity index is 1.89. The number of aromatic nitrogens is 2. The molecule has 0 aliphatic rings. The molecule has 3 aromatic rings. The van der Waals surface area contributed by atoms with E-state index in [1.54, 1.807) is 48.7 Å². The highest BCUT2D eigenvalue weighted by molar-refractivity contribution is 7.98. The number of primary amides is 1. The number of phenols is 1. The summed E-state index contributed by atoms with van der Waals surface area (Å²) >= 11 is 2.82. The minimum atomic E-state index is -1.54. The number of aromatic hydroxyl groups is 1. The van der Waals surface area contributed by atoms with Crippen molar-refractivity contribution in [2.24, 2.45) is 17.4 Å². The third-order valence-electron chi connectivity index (χ3n) is 10.1. The number of nitrogens with one attached hydrogen (secondary N) is 7. The van der Waals surface area contributed by atoms with Gasteiger partial charge < -0.3 is 58.6 Å². The van der Waals surface area contributed by atoms with E-state index in [0.717, 1.165) is 0 Å². The number of nitrogens with zero attached hydrogens (tertiary/aromatic N) is 1. The highest BCUT2D eigenvalue weighted by atomic mass is 32.2. The number of benzene rings is 2. The van der Waals surface area contributed by atoms with Gasteiger partial charge in [-0.2, -0.15) is 23.5 Å². The monoisotopic (exact) mass is 954 g/mol. The minimum Gasteiger partial charge on any atom is -0.508 e. The smallest absolute Gasteiger partial charge is 0.305 e. The summed E-state index contributed by atoms with van der Waals surface area (Å²) in [5, 5.41) is 34.8. The number of hydrogen-bond donors (Lipinski definition) is 11. The van der Waals surface area contributed by atoms with E-state index in [1.807, 2.05) is 20.1 Å². The predicted octanol–water partition coefficient (Wildman–Crippen LogP) is -0.108. The maximum Gasteiger partial charge on any atom is 0.305 e. The molecule has 3 rings (SSSR count). The van der Waals surface area contributed by atoms with Gasteiger partial charge in [0, 0.05) is 24.7 Å². The van der Waals surface area contributed by atoms with Crippen LogP contribution in [0.2, 0.25) is 0 Å². The van der Waals surface area contributed by atoms with Crippen LogP contribution in [0.5, 0.6) is 5.75 Å². The van der Waals surface area contributed by atoms with Crippen molar-refractivity contribution >= 4 is 70.8 Å². The molecule has 360 valence electrons. The standard InChI is InChI=1S/C44H62N10O10S2/c1-25(2)18-34(42(62)50-32(15-17-66-4)40(60)51-33(38(46)58)22-37(56)57)52-44(64)36(21-28-23-47-24-48-28)54-43(63)35(20-26-8-6-5-7-9-26)53-41(61)31(14-16-65-3)49-39(59)30(45)19-27-10-12-29(55)13-11-27/h5-13,23-25,30-36,55H,14-22,45H2,1-4H3,(H2,46,58)(H,47,48)(H,49,59)(H,50,62)(H,51,60)(H,52,64)(H,53,61)(H,54,63)(H,56,57)/t30-,31+,32-,33-,34-,35+,36-/m0/s1. The maximum atomic E-state index is 14.4. The van der Waals surface area contributed by atoms with E-state index in [1.165, 1.54) is 48.2 Å². The van der Waals surface area contributed by atoms with Crippen molar-refractivity contribution in [3.05, 3.63) is 83.9 Å². The second-order valence-corrected chi connectivity index (χ2v) is 18.0. The number of carboxylic acids is 1. The lowest BCUT2D eigenvalue weighted by Gasteiger charge is -2.28. The fraction of sp³-hybridized carbons (Fsp3) is 0.477. The van der Waals surface area contributed by atoms with E-state index >= 15 is 0 Å². The molecule has 0 saturated carbocycles. The zero-order valence-corrected chi connectivity index (χ0v) is 39.0. The second kappa shape index (κ2) is 28.0. The molecule has 22 heteroatoms. The van der Waals surface area contributed by atoms with Crippen LogP contribution in [-0.4, -0.2) is 134 Å². The Kier molecular flexibility index (Phi) is 23.0. The highest BCUT2D eigenvalue weighted by Crippen LogP contribution is 2.13. The molecule has 7 amide bonds. The van der Waals surface area contributed by atoms with E-state index in [2.05, 4.69) is 41.9 Å². The summed E-state index contributed by atoms with van der Waals surface area (Å²) < 4.78 is 0. The Hall–Kier alpha value is -6.13. The summed E-state index contributed by atoms with van der Waals surface area (Å²) in [7, 11) is 0. The first-order chi connectivity index (χ1) is 31.4. The lowest BCUT2D eigenvalue weighted by atomic mass is 10.0. The quantitative estimate of drug-likeness (QED) is 0.0433. The van der Waals surface area contributed by atoms with Crippen LogP contribution in [0.15, 0.2) is 67.1 Å².